The first-order valence-corrected chi connectivity index (χ1v) is 11.8. The van der Waals surface area contributed by atoms with Gasteiger partial charge in [0, 0.05) is 26.2 Å². The molecule has 0 aliphatic carbocycles. The van der Waals surface area contributed by atoms with E-state index in [9.17, 15) is 31.1 Å². The standard InChI is InChI=1S/C27H21F6N3O3/c1-38-17-7-9-22-19(15-17)24(34-21-14-16(26(28,29)30)6-8-23(21)39-22)35-10-12-36(13-11-35)25(37)18-4-2-3-5-20(18)27(31,32)33/h2-9,14-15H,10-13H2,1H3. The quantitative estimate of drug-likeness (QED) is 0.349. The van der Waals surface area contributed by atoms with Gasteiger partial charge in [0.1, 0.15) is 23.0 Å². The second-order valence-corrected chi connectivity index (χ2v) is 8.90. The van der Waals surface area contributed by atoms with Gasteiger partial charge in [-0.25, -0.2) is 4.99 Å². The molecule has 204 valence electrons. The molecule has 0 spiro atoms. The van der Waals surface area contributed by atoms with Crippen molar-refractivity contribution in [2.45, 2.75) is 12.4 Å². The molecule has 0 unspecified atom stereocenters. The number of methoxy groups -OCH3 is 1. The number of halogens is 6. The highest BCUT2D eigenvalue weighted by Crippen LogP contribution is 2.42. The van der Waals surface area contributed by atoms with E-state index in [0.717, 1.165) is 24.3 Å². The number of aliphatic imine (C=N–C) groups is 1. The van der Waals surface area contributed by atoms with Crippen molar-refractivity contribution >= 4 is 17.4 Å². The lowest BCUT2D eigenvalue weighted by molar-refractivity contribution is -0.138. The van der Waals surface area contributed by atoms with E-state index < -0.39 is 35.0 Å². The van der Waals surface area contributed by atoms with E-state index in [2.05, 4.69) is 4.99 Å². The van der Waals surface area contributed by atoms with Gasteiger partial charge < -0.3 is 19.3 Å². The van der Waals surface area contributed by atoms with Crippen LogP contribution in [0.15, 0.2) is 65.7 Å². The third kappa shape index (κ3) is 5.23. The number of rotatable bonds is 2. The third-order valence-corrected chi connectivity index (χ3v) is 6.49. The Labute approximate surface area is 219 Å². The van der Waals surface area contributed by atoms with Gasteiger partial charge in [0.15, 0.2) is 5.75 Å². The first kappa shape index (κ1) is 26.4. The fraction of sp³-hybridized carbons (Fsp3) is 0.259. The van der Waals surface area contributed by atoms with Crippen LogP contribution in [0.3, 0.4) is 0 Å². The molecule has 0 aromatic heterocycles. The molecule has 1 amide bonds. The summed E-state index contributed by atoms with van der Waals surface area (Å²) < 4.78 is 91.8. The zero-order valence-corrected chi connectivity index (χ0v) is 20.4. The molecule has 0 atom stereocenters. The Morgan fingerprint density at radius 2 is 1.56 bits per heavy atom. The average Bonchev–Trinajstić information content (AvgIpc) is 3.07. The molecule has 2 heterocycles. The van der Waals surface area contributed by atoms with Gasteiger partial charge in [0.2, 0.25) is 0 Å². The fourth-order valence-electron chi connectivity index (χ4n) is 4.51. The number of hydrogen-bond donors (Lipinski definition) is 0. The second kappa shape index (κ2) is 9.83. The zero-order valence-electron chi connectivity index (χ0n) is 20.4. The number of fused-ring (bicyclic) bond motifs is 2. The van der Waals surface area contributed by atoms with Crippen molar-refractivity contribution in [1.29, 1.82) is 0 Å². The van der Waals surface area contributed by atoms with Crippen molar-refractivity contribution in [3.8, 4) is 17.2 Å². The number of ether oxygens (including phenoxy) is 2. The molecule has 1 saturated heterocycles. The highest BCUT2D eigenvalue weighted by Gasteiger charge is 2.37. The number of hydrogen-bond acceptors (Lipinski definition) is 5. The lowest BCUT2D eigenvalue weighted by Gasteiger charge is -2.37. The predicted molar refractivity (Wildman–Crippen MR) is 130 cm³/mol. The Morgan fingerprint density at radius 3 is 2.23 bits per heavy atom. The van der Waals surface area contributed by atoms with E-state index in [1.807, 2.05) is 0 Å². The van der Waals surface area contributed by atoms with Crippen LogP contribution in [0, 0.1) is 0 Å². The van der Waals surface area contributed by atoms with Gasteiger partial charge in [-0.2, -0.15) is 26.3 Å². The zero-order chi connectivity index (χ0) is 27.9. The van der Waals surface area contributed by atoms with Crippen molar-refractivity contribution < 1.29 is 40.6 Å². The molecule has 12 heteroatoms. The van der Waals surface area contributed by atoms with E-state index in [1.54, 1.807) is 23.1 Å². The molecular weight excluding hydrogens is 528 g/mol. The van der Waals surface area contributed by atoms with Gasteiger partial charge in [-0.05, 0) is 48.5 Å². The molecule has 0 radical (unpaired) electrons. The molecule has 2 aliphatic rings. The molecule has 2 aliphatic heterocycles. The maximum Gasteiger partial charge on any atom is 0.417 e. The minimum atomic E-state index is -4.69. The van der Waals surface area contributed by atoms with E-state index in [0.29, 0.717) is 22.9 Å². The maximum absolute atomic E-state index is 13.5. The van der Waals surface area contributed by atoms with Gasteiger partial charge in [0.05, 0.1) is 29.4 Å². The summed E-state index contributed by atoms with van der Waals surface area (Å²) in [5.74, 6) is 0.470. The average molecular weight is 549 g/mol. The summed E-state index contributed by atoms with van der Waals surface area (Å²) in [6.07, 6.45) is -9.28. The summed E-state index contributed by atoms with van der Waals surface area (Å²) >= 11 is 0. The van der Waals surface area contributed by atoms with Crippen molar-refractivity contribution in [1.82, 2.24) is 9.80 Å². The normalized spacial score (nSPS) is 15.5. The lowest BCUT2D eigenvalue weighted by atomic mass is 10.1. The Balaban J connectivity index is 1.47. The number of benzene rings is 3. The predicted octanol–water partition coefficient (Wildman–Crippen LogP) is 6.37. The molecule has 5 rings (SSSR count). The Kier molecular flexibility index (Phi) is 6.65. The molecular formula is C27H21F6N3O3. The minimum Gasteiger partial charge on any atom is -0.497 e. The number of amides is 1. The van der Waals surface area contributed by atoms with E-state index in [1.165, 1.54) is 30.2 Å². The molecule has 0 N–H and O–H groups in total. The first-order valence-electron chi connectivity index (χ1n) is 11.8. The highest BCUT2D eigenvalue weighted by atomic mass is 19.4. The van der Waals surface area contributed by atoms with Crippen molar-refractivity contribution in [3.63, 3.8) is 0 Å². The van der Waals surface area contributed by atoms with Crippen molar-refractivity contribution in [2.24, 2.45) is 4.99 Å². The summed E-state index contributed by atoms with van der Waals surface area (Å²) in [5.41, 5.74) is -1.92. The van der Waals surface area contributed by atoms with E-state index in [-0.39, 0.29) is 37.6 Å². The van der Waals surface area contributed by atoms with Crippen LogP contribution in [-0.2, 0) is 12.4 Å². The summed E-state index contributed by atoms with van der Waals surface area (Å²) in [4.78, 5) is 20.6. The van der Waals surface area contributed by atoms with Crippen molar-refractivity contribution in [3.05, 3.63) is 82.9 Å². The van der Waals surface area contributed by atoms with Crippen LogP contribution in [0.2, 0.25) is 0 Å². The Hall–Kier alpha value is -4.22. The number of carbonyl (C=O) groups is 1. The monoisotopic (exact) mass is 549 g/mol. The second-order valence-electron chi connectivity index (χ2n) is 8.90. The van der Waals surface area contributed by atoms with Gasteiger partial charge in [-0.15, -0.1) is 0 Å². The van der Waals surface area contributed by atoms with Crippen molar-refractivity contribution in [2.75, 3.05) is 33.3 Å². The molecule has 3 aromatic rings. The number of nitrogens with zero attached hydrogens (tertiary/aromatic N) is 3. The Morgan fingerprint density at radius 1 is 0.872 bits per heavy atom. The number of alkyl halides is 6. The highest BCUT2D eigenvalue weighted by molar-refractivity contribution is 6.04. The van der Waals surface area contributed by atoms with Gasteiger partial charge in [-0.1, -0.05) is 12.1 Å². The first-order chi connectivity index (χ1) is 18.5. The van der Waals surface area contributed by atoms with Gasteiger partial charge >= 0.3 is 12.4 Å². The lowest BCUT2D eigenvalue weighted by Crippen LogP contribution is -2.51. The van der Waals surface area contributed by atoms with Crippen LogP contribution in [0.5, 0.6) is 17.2 Å². The minimum absolute atomic E-state index is 0.0346. The fourth-order valence-corrected chi connectivity index (χ4v) is 4.51. The molecule has 6 nitrogen and oxygen atoms in total. The SMILES string of the molecule is COc1ccc2c(c1)C(N1CCN(C(=O)c3ccccc3C(F)(F)F)CC1)=Nc1cc(C(F)(F)F)ccc1O2. The van der Waals surface area contributed by atoms with Crippen LogP contribution >= 0.6 is 0 Å². The Bertz CT molecular complexity index is 1440. The number of carbonyl (C=O) groups excluding carboxylic acids is 1. The summed E-state index contributed by atoms with van der Waals surface area (Å²) in [5, 5.41) is 0. The molecule has 39 heavy (non-hydrogen) atoms. The summed E-state index contributed by atoms with van der Waals surface area (Å²) in [7, 11) is 1.46. The molecule has 0 saturated carbocycles. The number of piperazine rings is 1. The van der Waals surface area contributed by atoms with Crippen LogP contribution in [0.25, 0.3) is 0 Å². The van der Waals surface area contributed by atoms with Gasteiger partial charge in [-0.3, -0.25) is 4.79 Å². The third-order valence-electron chi connectivity index (χ3n) is 6.49. The number of amidine groups is 1. The smallest absolute Gasteiger partial charge is 0.417 e. The molecule has 3 aromatic carbocycles. The van der Waals surface area contributed by atoms with E-state index >= 15 is 0 Å². The largest absolute Gasteiger partial charge is 0.497 e. The molecule has 1 fully saturated rings. The van der Waals surface area contributed by atoms with Crippen LogP contribution in [0.4, 0.5) is 32.0 Å². The van der Waals surface area contributed by atoms with E-state index in [4.69, 9.17) is 9.47 Å². The topological polar surface area (TPSA) is 54.4 Å². The van der Waals surface area contributed by atoms with Crippen LogP contribution < -0.4 is 9.47 Å². The van der Waals surface area contributed by atoms with Gasteiger partial charge in [0.25, 0.3) is 5.91 Å². The molecule has 0 bridgehead atoms. The van der Waals surface area contributed by atoms with Crippen LogP contribution in [0.1, 0.15) is 27.0 Å². The van der Waals surface area contributed by atoms with Crippen LogP contribution in [-0.4, -0.2) is 54.8 Å². The summed E-state index contributed by atoms with van der Waals surface area (Å²) in [6, 6.07) is 12.5. The maximum atomic E-state index is 13.5. The summed E-state index contributed by atoms with van der Waals surface area (Å²) in [6.45, 7) is 0.479.